The summed E-state index contributed by atoms with van der Waals surface area (Å²) in [7, 11) is 5.52. The number of aryl methyl sites for hydroxylation is 1. The number of halogens is 2. The molecule has 3 aromatic heterocycles. The summed E-state index contributed by atoms with van der Waals surface area (Å²) < 4.78 is 35.5. The molecule has 0 amide bonds. The van der Waals surface area contributed by atoms with Crippen molar-refractivity contribution in [2.45, 2.75) is 26.9 Å². The zero-order chi connectivity index (χ0) is 28.4. The lowest BCUT2D eigenvalue weighted by Gasteiger charge is -2.19. The van der Waals surface area contributed by atoms with Gasteiger partial charge < -0.3 is 24.8 Å². The van der Waals surface area contributed by atoms with E-state index < -0.39 is 16.6 Å². The number of rotatable bonds is 10. The van der Waals surface area contributed by atoms with Gasteiger partial charge in [-0.25, -0.2) is 18.7 Å². The van der Waals surface area contributed by atoms with Crippen LogP contribution < -0.4 is 15.4 Å². The van der Waals surface area contributed by atoms with Crippen molar-refractivity contribution < 1.29 is 18.4 Å². The van der Waals surface area contributed by atoms with E-state index in [1.807, 2.05) is 32.8 Å². The molecule has 4 rings (SSSR count). The monoisotopic (exact) mass is 540 g/mol. The van der Waals surface area contributed by atoms with E-state index in [9.17, 15) is 18.9 Å². The van der Waals surface area contributed by atoms with E-state index in [0.717, 1.165) is 12.1 Å². The Hall–Kier alpha value is -4.39. The molecule has 0 unspecified atom stereocenters. The van der Waals surface area contributed by atoms with Gasteiger partial charge in [0.05, 0.1) is 27.8 Å². The van der Waals surface area contributed by atoms with Crippen molar-refractivity contribution in [1.29, 1.82) is 0 Å². The van der Waals surface area contributed by atoms with Crippen LogP contribution in [0, 0.1) is 28.7 Å². The topological polar surface area (TPSA) is 123 Å². The SMILES string of the molecule is Cc1c(Nc2nccc(-c3cn(C)c4cc(F)c(F)cc34)n2)c(OC(C)C)nc(NCCN(C)C)c1[N+](=O)[O-]. The van der Waals surface area contributed by atoms with E-state index in [1.54, 1.807) is 30.8 Å². The normalized spacial score (nSPS) is 11.4. The van der Waals surface area contributed by atoms with Crippen LogP contribution in [0.15, 0.2) is 30.6 Å². The number of benzene rings is 1. The maximum atomic E-state index is 14.1. The fraction of sp³-hybridized carbons (Fsp3) is 0.346. The van der Waals surface area contributed by atoms with Gasteiger partial charge in [0.2, 0.25) is 17.6 Å². The minimum Gasteiger partial charge on any atom is -0.473 e. The Bertz CT molecular complexity index is 1540. The zero-order valence-corrected chi connectivity index (χ0v) is 22.5. The molecule has 3 heterocycles. The van der Waals surface area contributed by atoms with E-state index in [1.165, 1.54) is 6.20 Å². The van der Waals surface area contributed by atoms with Crippen molar-refractivity contribution in [3.8, 4) is 17.1 Å². The molecule has 0 saturated heterocycles. The number of hydrogen-bond acceptors (Lipinski definition) is 9. The molecule has 0 atom stereocenters. The summed E-state index contributed by atoms with van der Waals surface area (Å²) >= 11 is 0. The smallest absolute Gasteiger partial charge is 0.316 e. The molecule has 0 radical (unpaired) electrons. The third-order valence-corrected chi connectivity index (χ3v) is 5.96. The number of nitro groups is 1. The summed E-state index contributed by atoms with van der Waals surface area (Å²) in [6, 6.07) is 3.90. The first-order valence-electron chi connectivity index (χ1n) is 12.2. The molecule has 0 aliphatic carbocycles. The van der Waals surface area contributed by atoms with E-state index in [4.69, 9.17) is 4.74 Å². The molecule has 0 bridgehead atoms. The lowest BCUT2D eigenvalue weighted by atomic mass is 10.1. The molecule has 0 aliphatic rings. The lowest BCUT2D eigenvalue weighted by Crippen LogP contribution is -2.22. The second-order valence-electron chi connectivity index (χ2n) is 9.60. The highest BCUT2D eigenvalue weighted by molar-refractivity contribution is 5.95. The number of hydrogen-bond donors (Lipinski definition) is 2. The second kappa shape index (κ2) is 11.2. The minimum absolute atomic E-state index is 0.0974. The minimum atomic E-state index is -0.967. The Labute approximate surface area is 224 Å². The van der Waals surface area contributed by atoms with Crippen LogP contribution in [0.1, 0.15) is 19.4 Å². The summed E-state index contributed by atoms with van der Waals surface area (Å²) in [5, 5.41) is 18.6. The average molecular weight is 541 g/mol. The third kappa shape index (κ3) is 5.87. The van der Waals surface area contributed by atoms with Crippen LogP contribution in [0.5, 0.6) is 5.88 Å². The quantitative estimate of drug-likeness (QED) is 0.211. The van der Waals surface area contributed by atoms with Gasteiger partial charge in [-0.2, -0.15) is 4.98 Å². The average Bonchev–Trinajstić information content (AvgIpc) is 3.16. The van der Waals surface area contributed by atoms with Crippen molar-refractivity contribution in [2.24, 2.45) is 7.05 Å². The third-order valence-electron chi connectivity index (χ3n) is 5.96. The summed E-state index contributed by atoms with van der Waals surface area (Å²) in [5.74, 6) is -1.54. The molecule has 4 aromatic rings. The van der Waals surface area contributed by atoms with Gasteiger partial charge in [-0.05, 0) is 47.0 Å². The molecular formula is C26H30F2N8O3. The highest BCUT2D eigenvalue weighted by atomic mass is 19.2. The molecule has 39 heavy (non-hydrogen) atoms. The maximum Gasteiger partial charge on any atom is 0.316 e. The van der Waals surface area contributed by atoms with E-state index in [2.05, 4.69) is 25.6 Å². The Morgan fingerprint density at radius 1 is 1.21 bits per heavy atom. The van der Waals surface area contributed by atoms with Crippen LogP contribution in [0.4, 0.5) is 31.9 Å². The lowest BCUT2D eigenvalue weighted by molar-refractivity contribution is -0.384. The number of fused-ring (bicyclic) bond motifs is 1. The molecule has 13 heteroatoms. The molecule has 1 aromatic carbocycles. The number of likely N-dealkylation sites (N-methyl/N-ethyl adjacent to an activating group) is 1. The second-order valence-corrected chi connectivity index (χ2v) is 9.60. The first-order chi connectivity index (χ1) is 18.5. The first-order valence-corrected chi connectivity index (χ1v) is 12.2. The molecule has 0 fully saturated rings. The standard InChI is InChI=1S/C26H30F2N8O3/c1-14(2)39-25-22(15(3)23(36(37)38)24(33-25)29-9-10-34(4)5)32-26-30-8-7-20(31-26)17-13-35(6)21-12-19(28)18(27)11-16(17)21/h7-8,11-14H,9-10H2,1-6H3,(H,29,33)(H,30,31,32). The van der Waals surface area contributed by atoms with Crippen LogP contribution in [0.25, 0.3) is 22.2 Å². The van der Waals surface area contributed by atoms with Crippen LogP contribution >= 0.6 is 0 Å². The van der Waals surface area contributed by atoms with Gasteiger partial charge in [0.25, 0.3) is 0 Å². The van der Waals surface area contributed by atoms with Crippen LogP contribution in [-0.2, 0) is 7.05 Å². The summed E-state index contributed by atoms with van der Waals surface area (Å²) in [5.41, 5.74) is 1.84. The summed E-state index contributed by atoms with van der Waals surface area (Å²) in [4.78, 5) is 26.8. The van der Waals surface area contributed by atoms with Gasteiger partial charge in [-0.3, -0.25) is 10.1 Å². The van der Waals surface area contributed by atoms with Gasteiger partial charge in [-0.1, -0.05) is 0 Å². The fourth-order valence-corrected chi connectivity index (χ4v) is 4.13. The molecule has 2 N–H and O–H groups in total. The van der Waals surface area contributed by atoms with Crippen molar-refractivity contribution in [3.05, 3.63) is 57.9 Å². The van der Waals surface area contributed by atoms with Crippen molar-refractivity contribution in [1.82, 2.24) is 24.4 Å². The van der Waals surface area contributed by atoms with E-state index in [-0.39, 0.29) is 40.7 Å². The van der Waals surface area contributed by atoms with Gasteiger partial charge in [0.15, 0.2) is 11.6 Å². The Morgan fingerprint density at radius 3 is 2.59 bits per heavy atom. The molecular weight excluding hydrogens is 510 g/mol. The van der Waals surface area contributed by atoms with Crippen LogP contribution in [0.2, 0.25) is 0 Å². The van der Waals surface area contributed by atoms with Gasteiger partial charge in [0, 0.05) is 49.5 Å². The highest BCUT2D eigenvalue weighted by Crippen LogP contribution is 2.40. The molecule has 11 nitrogen and oxygen atoms in total. The molecule has 0 aliphatic heterocycles. The molecule has 206 valence electrons. The van der Waals surface area contributed by atoms with Crippen molar-refractivity contribution >= 4 is 34.0 Å². The van der Waals surface area contributed by atoms with E-state index in [0.29, 0.717) is 35.2 Å². The Kier molecular flexibility index (Phi) is 7.90. The number of nitrogens with one attached hydrogen (secondary N) is 2. The summed E-state index contributed by atoms with van der Waals surface area (Å²) in [6.45, 7) is 6.32. The summed E-state index contributed by atoms with van der Waals surface area (Å²) in [6.07, 6.45) is 2.95. The molecule has 0 spiro atoms. The fourth-order valence-electron chi connectivity index (χ4n) is 4.13. The number of pyridine rings is 1. The number of anilines is 3. The zero-order valence-electron chi connectivity index (χ0n) is 22.5. The Balaban J connectivity index is 1.77. The van der Waals surface area contributed by atoms with E-state index >= 15 is 0 Å². The predicted molar refractivity (Wildman–Crippen MR) is 146 cm³/mol. The van der Waals surface area contributed by atoms with Crippen LogP contribution in [-0.4, -0.2) is 62.6 Å². The van der Waals surface area contributed by atoms with Crippen molar-refractivity contribution in [3.63, 3.8) is 0 Å². The number of nitrogens with zero attached hydrogens (tertiary/aromatic N) is 6. The predicted octanol–water partition coefficient (Wildman–Crippen LogP) is 5.03. The largest absolute Gasteiger partial charge is 0.473 e. The highest BCUT2D eigenvalue weighted by Gasteiger charge is 2.27. The number of ether oxygens (including phenoxy) is 1. The van der Waals surface area contributed by atoms with Crippen molar-refractivity contribution in [2.75, 3.05) is 37.8 Å². The van der Waals surface area contributed by atoms with Gasteiger partial charge >= 0.3 is 5.69 Å². The Morgan fingerprint density at radius 2 is 1.92 bits per heavy atom. The van der Waals surface area contributed by atoms with Gasteiger partial charge in [-0.15, -0.1) is 0 Å². The molecule has 0 saturated carbocycles. The number of aromatic nitrogens is 4. The maximum absolute atomic E-state index is 14.1. The van der Waals surface area contributed by atoms with Crippen LogP contribution in [0.3, 0.4) is 0 Å². The first kappa shape index (κ1) is 27.6. The van der Waals surface area contributed by atoms with Gasteiger partial charge in [0.1, 0.15) is 5.69 Å².